The first-order valence-electron chi connectivity index (χ1n) is 6.98. The van der Waals surface area contributed by atoms with E-state index in [0.29, 0.717) is 18.9 Å². The van der Waals surface area contributed by atoms with Crippen molar-refractivity contribution in [1.29, 1.82) is 0 Å². The first-order chi connectivity index (χ1) is 8.00. The van der Waals surface area contributed by atoms with E-state index in [1.54, 1.807) is 6.92 Å². The van der Waals surface area contributed by atoms with E-state index in [1.807, 2.05) is 18.7 Å². The summed E-state index contributed by atoms with van der Waals surface area (Å²) in [5.41, 5.74) is 0. The summed E-state index contributed by atoms with van der Waals surface area (Å²) in [7, 11) is 0. The normalized spacial score (nSPS) is 19.4. The number of carbonyl (C=O) groups is 1. The van der Waals surface area contributed by atoms with Crippen LogP contribution in [-0.2, 0) is 4.79 Å². The van der Waals surface area contributed by atoms with Crippen molar-refractivity contribution < 1.29 is 9.90 Å². The molecule has 1 rings (SSSR count). The maximum Gasteiger partial charge on any atom is 0.223 e. The Morgan fingerprint density at radius 3 is 2.29 bits per heavy atom. The molecule has 1 N–H and O–H groups in total. The predicted molar refractivity (Wildman–Crippen MR) is 69.7 cm³/mol. The highest BCUT2D eigenvalue weighted by molar-refractivity contribution is 5.76. The molecule has 0 heterocycles. The fourth-order valence-electron chi connectivity index (χ4n) is 2.64. The third-order valence-corrected chi connectivity index (χ3v) is 3.59. The number of hydrogen-bond donors (Lipinski definition) is 1. The Labute approximate surface area is 105 Å². The van der Waals surface area contributed by atoms with Gasteiger partial charge in [-0.25, -0.2) is 0 Å². The van der Waals surface area contributed by atoms with Crippen LogP contribution in [0.3, 0.4) is 0 Å². The van der Waals surface area contributed by atoms with E-state index in [1.165, 1.54) is 32.1 Å². The average molecular weight is 241 g/mol. The third kappa shape index (κ3) is 5.07. The summed E-state index contributed by atoms with van der Waals surface area (Å²) >= 11 is 0. The summed E-state index contributed by atoms with van der Waals surface area (Å²) in [5, 5.41) is 9.43. The van der Waals surface area contributed by atoms with Gasteiger partial charge in [0.05, 0.1) is 6.10 Å². The molecule has 0 bridgehead atoms. The molecule has 1 saturated carbocycles. The zero-order valence-corrected chi connectivity index (χ0v) is 11.5. The summed E-state index contributed by atoms with van der Waals surface area (Å²) in [6, 6.07) is 0.181. The first kappa shape index (κ1) is 14.5. The van der Waals surface area contributed by atoms with Gasteiger partial charge in [-0.1, -0.05) is 19.3 Å². The number of aliphatic hydroxyl groups excluding tert-OH is 1. The lowest BCUT2D eigenvalue weighted by atomic mass is 9.86. The molecule has 1 amide bonds. The van der Waals surface area contributed by atoms with E-state index in [-0.39, 0.29) is 11.9 Å². The molecular weight excluding hydrogens is 214 g/mol. The number of amides is 1. The Balaban J connectivity index is 2.46. The fraction of sp³-hybridized carbons (Fsp3) is 0.929. The molecule has 1 fully saturated rings. The second kappa shape index (κ2) is 7.00. The quantitative estimate of drug-likeness (QED) is 0.803. The van der Waals surface area contributed by atoms with E-state index in [4.69, 9.17) is 0 Å². The topological polar surface area (TPSA) is 40.5 Å². The standard InChI is InChI=1S/C14H27NO2/c1-11(2)15(10-12(3)16)14(17)9-13-7-5-4-6-8-13/h11-13,16H,4-10H2,1-3H3. The minimum absolute atomic E-state index is 0.181. The SMILES string of the molecule is CC(O)CN(C(=O)CC1CCCCC1)C(C)C. The summed E-state index contributed by atoms with van der Waals surface area (Å²) in [6.07, 6.45) is 6.51. The smallest absolute Gasteiger partial charge is 0.223 e. The molecule has 1 aliphatic rings. The molecule has 0 aromatic carbocycles. The molecule has 100 valence electrons. The van der Waals surface area contributed by atoms with Crippen LogP contribution in [0.25, 0.3) is 0 Å². The fourth-order valence-corrected chi connectivity index (χ4v) is 2.64. The van der Waals surface area contributed by atoms with Gasteiger partial charge < -0.3 is 10.0 Å². The van der Waals surface area contributed by atoms with Crippen molar-refractivity contribution in [1.82, 2.24) is 4.90 Å². The van der Waals surface area contributed by atoms with Crippen LogP contribution in [0.2, 0.25) is 0 Å². The monoisotopic (exact) mass is 241 g/mol. The van der Waals surface area contributed by atoms with Gasteiger partial charge in [-0.05, 0) is 39.5 Å². The van der Waals surface area contributed by atoms with E-state index in [0.717, 1.165) is 0 Å². The van der Waals surface area contributed by atoms with Crippen molar-refractivity contribution in [3.8, 4) is 0 Å². The molecule has 1 unspecified atom stereocenters. The van der Waals surface area contributed by atoms with Crippen molar-refractivity contribution >= 4 is 5.91 Å². The number of hydrogen-bond acceptors (Lipinski definition) is 2. The largest absolute Gasteiger partial charge is 0.392 e. The first-order valence-corrected chi connectivity index (χ1v) is 6.98. The van der Waals surface area contributed by atoms with Crippen LogP contribution in [0.1, 0.15) is 59.3 Å². The van der Waals surface area contributed by atoms with Gasteiger partial charge in [-0.3, -0.25) is 4.79 Å². The Bertz CT molecular complexity index is 232. The molecule has 0 saturated heterocycles. The molecule has 3 heteroatoms. The van der Waals surface area contributed by atoms with Gasteiger partial charge in [0.1, 0.15) is 0 Å². The van der Waals surface area contributed by atoms with Crippen molar-refractivity contribution in [2.45, 2.75) is 71.4 Å². The van der Waals surface area contributed by atoms with Crippen LogP contribution >= 0.6 is 0 Å². The molecule has 17 heavy (non-hydrogen) atoms. The summed E-state index contributed by atoms with van der Waals surface area (Å²) in [4.78, 5) is 14.0. The van der Waals surface area contributed by atoms with E-state index in [2.05, 4.69) is 0 Å². The summed E-state index contributed by atoms with van der Waals surface area (Å²) in [5.74, 6) is 0.791. The molecule has 3 nitrogen and oxygen atoms in total. The highest BCUT2D eigenvalue weighted by atomic mass is 16.3. The maximum absolute atomic E-state index is 12.2. The van der Waals surface area contributed by atoms with Crippen LogP contribution in [0.15, 0.2) is 0 Å². The second-order valence-corrected chi connectivity index (χ2v) is 5.70. The lowest BCUT2D eigenvalue weighted by molar-refractivity contribution is -0.135. The Kier molecular flexibility index (Phi) is 5.96. The van der Waals surface area contributed by atoms with Gasteiger partial charge in [0.25, 0.3) is 0 Å². The predicted octanol–water partition coefficient (Wildman–Crippen LogP) is 2.57. The second-order valence-electron chi connectivity index (χ2n) is 5.70. The Hall–Kier alpha value is -0.570. The van der Waals surface area contributed by atoms with Crippen molar-refractivity contribution in [3.63, 3.8) is 0 Å². The van der Waals surface area contributed by atoms with Gasteiger partial charge in [-0.2, -0.15) is 0 Å². The molecular formula is C14H27NO2. The highest BCUT2D eigenvalue weighted by Crippen LogP contribution is 2.27. The van der Waals surface area contributed by atoms with Crippen LogP contribution < -0.4 is 0 Å². The zero-order valence-electron chi connectivity index (χ0n) is 11.5. The third-order valence-electron chi connectivity index (χ3n) is 3.59. The van der Waals surface area contributed by atoms with Crippen molar-refractivity contribution in [3.05, 3.63) is 0 Å². The van der Waals surface area contributed by atoms with Gasteiger partial charge in [0, 0.05) is 19.0 Å². The van der Waals surface area contributed by atoms with Gasteiger partial charge in [0.15, 0.2) is 0 Å². The molecule has 1 aliphatic carbocycles. The van der Waals surface area contributed by atoms with E-state index < -0.39 is 6.10 Å². The molecule has 0 radical (unpaired) electrons. The molecule has 1 atom stereocenters. The number of aliphatic hydroxyl groups is 1. The molecule has 0 aromatic rings. The lowest BCUT2D eigenvalue weighted by Crippen LogP contribution is -2.42. The highest BCUT2D eigenvalue weighted by Gasteiger charge is 2.23. The number of carbonyl (C=O) groups excluding carboxylic acids is 1. The van der Waals surface area contributed by atoms with E-state index >= 15 is 0 Å². The maximum atomic E-state index is 12.2. The zero-order chi connectivity index (χ0) is 12.8. The molecule has 0 aromatic heterocycles. The summed E-state index contributed by atoms with van der Waals surface area (Å²) < 4.78 is 0. The Morgan fingerprint density at radius 1 is 1.24 bits per heavy atom. The van der Waals surface area contributed by atoms with Crippen molar-refractivity contribution in [2.24, 2.45) is 5.92 Å². The lowest BCUT2D eigenvalue weighted by Gasteiger charge is -2.30. The van der Waals surface area contributed by atoms with Crippen LogP contribution in [0, 0.1) is 5.92 Å². The average Bonchev–Trinajstić information content (AvgIpc) is 2.26. The van der Waals surface area contributed by atoms with E-state index in [9.17, 15) is 9.90 Å². The van der Waals surface area contributed by atoms with Crippen LogP contribution in [0.5, 0.6) is 0 Å². The molecule has 0 spiro atoms. The summed E-state index contributed by atoms with van der Waals surface area (Å²) in [6.45, 7) is 6.23. The van der Waals surface area contributed by atoms with Gasteiger partial charge >= 0.3 is 0 Å². The number of rotatable bonds is 5. The number of nitrogens with zero attached hydrogens (tertiary/aromatic N) is 1. The van der Waals surface area contributed by atoms with Crippen molar-refractivity contribution in [2.75, 3.05) is 6.54 Å². The minimum Gasteiger partial charge on any atom is -0.392 e. The van der Waals surface area contributed by atoms with Gasteiger partial charge in [0.2, 0.25) is 5.91 Å². The van der Waals surface area contributed by atoms with Crippen LogP contribution in [-0.4, -0.2) is 34.6 Å². The minimum atomic E-state index is -0.437. The van der Waals surface area contributed by atoms with Gasteiger partial charge in [-0.15, -0.1) is 0 Å². The van der Waals surface area contributed by atoms with Crippen LogP contribution in [0.4, 0.5) is 0 Å². The molecule has 0 aliphatic heterocycles. The Morgan fingerprint density at radius 2 is 1.82 bits per heavy atom.